The molecular weight excluding hydrogens is 504 g/mol. The van der Waals surface area contributed by atoms with E-state index in [2.05, 4.69) is 61.4 Å². The standard InChI is InChI=1S/C28H19BrN4O2/c29-27-21(9-8-18-4-1-2-6-24(18)27)17-33-13-12-23-20(5-3-7-25(23)33)16-31-32-28(35)19-10-11-26(34)22(14-19)15-30/h1-14,16,34H,17H2,(H,32,35). The second-order valence-electron chi connectivity index (χ2n) is 8.03. The SMILES string of the molecule is N#Cc1cc(C(=O)NN=Cc2cccc3c2ccn3Cc2ccc3ccccc3c2Br)ccc1O. The first-order valence-electron chi connectivity index (χ1n) is 10.9. The fourth-order valence-corrected chi connectivity index (χ4v) is 4.69. The van der Waals surface area contributed by atoms with E-state index in [9.17, 15) is 9.90 Å². The van der Waals surface area contributed by atoms with E-state index in [1.807, 2.05) is 42.6 Å². The van der Waals surface area contributed by atoms with Gasteiger partial charge >= 0.3 is 0 Å². The number of carbonyl (C=O) groups is 1. The van der Waals surface area contributed by atoms with E-state index in [1.165, 1.54) is 34.5 Å². The quantitative estimate of drug-likeness (QED) is 0.221. The van der Waals surface area contributed by atoms with Crippen molar-refractivity contribution in [3.63, 3.8) is 0 Å². The number of aromatic hydroxyl groups is 1. The maximum Gasteiger partial charge on any atom is 0.271 e. The van der Waals surface area contributed by atoms with Crippen molar-refractivity contribution in [3.05, 3.63) is 112 Å². The van der Waals surface area contributed by atoms with Crippen LogP contribution >= 0.6 is 15.9 Å². The molecule has 0 atom stereocenters. The minimum atomic E-state index is -0.469. The molecule has 0 fully saturated rings. The van der Waals surface area contributed by atoms with E-state index in [-0.39, 0.29) is 16.9 Å². The molecule has 0 unspecified atom stereocenters. The number of hydrogen-bond acceptors (Lipinski definition) is 4. The Kier molecular flexibility index (Phi) is 6.04. The zero-order valence-corrected chi connectivity index (χ0v) is 20.0. The minimum absolute atomic E-state index is 0.0331. The highest BCUT2D eigenvalue weighted by Gasteiger charge is 2.10. The average molecular weight is 523 g/mol. The Morgan fingerprint density at radius 1 is 1.06 bits per heavy atom. The van der Waals surface area contributed by atoms with Gasteiger partial charge in [0.15, 0.2) is 0 Å². The molecule has 1 amide bonds. The Labute approximate surface area is 209 Å². The van der Waals surface area contributed by atoms with E-state index in [0.29, 0.717) is 6.54 Å². The number of hydrogen-bond donors (Lipinski definition) is 2. The molecule has 1 aromatic heterocycles. The van der Waals surface area contributed by atoms with Gasteiger partial charge in [0.25, 0.3) is 5.91 Å². The number of rotatable bonds is 5. The van der Waals surface area contributed by atoms with Crippen LogP contribution in [0.5, 0.6) is 5.75 Å². The highest BCUT2D eigenvalue weighted by molar-refractivity contribution is 9.10. The van der Waals surface area contributed by atoms with E-state index in [0.717, 1.165) is 20.9 Å². The van der Waals surface area contributed by atoms with Gasteiger partial charge in [-0.15, -0.1) is 0 Å². The molecule has 6 nitrogen and oxygen atoms in total. The van der Waals surface area contributed by atoms with Gasteiger partial charge in [-0.1, -0.05) is 48.5 Å². The van der Waals surface area contributed by atoms with Crippen molar-refractivity contribution in [3.8, 4) is 11.8 Å². The smallest absolute Gasteiger partial charge is 0.271 e. The first-order chi connectivity index (χ1) is 17.0. The number of benzene rings is 4. The van der Waals surface area contributed by atoms with E-state index in [1.54, 1.807) is 6.21 Å². The molecule has 4 aromatic carbocycles. The summed E-state index contributed by atoms with van der Waals surface area (Å²) in [6.45, 7) is 0.703. The Balaban J connectivity index is 1.37. The number of nitrogens with one attached hydrogen (secondary N) is 1. The van der Waals surface area contributed by atoms with Crippen LogP contribution < -0.4 is 5.43 Å². The topological polar surface area (TPSA) is 90.4 Å². The van der Waals surface area contributed by atoms with Gasteiger partial charge in [-0.05, 0) is 62.6 Å². The van der Waals surface area contributed by atoms with Crippen LogP contribution in [-0.4, -0.2) is 21.8 Å². The number of phenols is 1. The molecule has 0 spiro atoms. The zero-order valence-electron chi connectivity index (χ0n) is 18.4. The number of hydrazone groups is 1. The summed E-state index contributed by atoms with van der Waals surface area (Å²) in [7, 11) is 0. The van der Waals surface area contributed by atoms with Crippen molar-refractivity contribution >= 4 is 49.7 Å². The van der Waals surface area contributed by atoms with Crippen molar-refractivity contribution < 1.29 is 9.90 Å². The van der Waals surface area contributed by atoms with Gasteiger partial charge < -0.3 is 9.67 Å². The molecule has 0 bridgehead atoms. The molecular formula is C28H19BrN4O2. The maximum absolute atomic E-state index is 12.4. The highest BCUT2D eigenvalue weighted by Crippen LogP contribution is 2.29. The van der Waals surface area contributed by atoms with E-state index in [4.69, 9.17) is 5.26 Å². The second-order valence-corrected chi connectivity index (χ2v) is 8.82. The van der Waals surface area contributed by atoms with Gasteiger partial charge in [0.1, 0.15) is 11.8 Å². The molecule has 1 heterocycles. The van der Waals surface area contributed by atoms with Gasteiger partial charge in [0.05, 0.1) is 11.8 Å². The van der Waals surface area contributed by atoms with Crippen LogP contribution in [0.3, 0.4) is 0 Å². The highest BCUT2D eigenvalue weighted by atomic mass is 79.9. The maximum atomic E-state index is 12.4. The van der Waals surface area contributed by atoms with Gasteiger partial charge in [-0.25, -0.2) is 5.43 Å². The predicted molar refractivity (Wildman–Crippen MR) is 141 cm³/mol. The Morgan fingerprint density at radius 2 is 1.91 bits per heavy atom. The summed E-state index contributed by atoms with van der Waals surface area (Å²) < 4.78 is 3.27. The molecule has 5 rings (SSSR count). The van der Waals surface area contributed by atoms with Crippen molar-refractivity contribution in [2.45, 2.75) is 6.54 Å². The number of nitrogens with zero attached hydrogens (tertiary/aromatic N) is 3. The number of carbonyl (C=O) groups excluding carboxylic acids is 1. The van der Waals surface area contributed by atoms with Gasteiger partial charge in [0, 0.05) is 39.2 Å². The van der Waals surface area contributed by atoms with Crippen molar-refractivity contribution in [2.24, 2.45) is 5.10 Å². The lowest BCUT2D eigenvalue weighted by atomic mass is 10.1. The summed E-state index contributed by atoms with van der Waals surface area (Å²) in [5.74, 6) is -0.636. The molecule has 35 heavy (non-hydrogen) atoms. The number of fused-ring (bicyclic) bond motifs is 2. The van der Waals surface area contributed by atoms with Crippen LogP contribution in [0.2, 0.25) is 0 Å². The minimum Gasteiger partial charge on any atom is -0.507 e. The summed E-state index contributed by atoms with van der Waals surface area (Å²) in [4.78, 5) is 12.4. The summed E-state index contributed by atoms with van der Waals surface area (Å²) in [6, 6.07) is 26.5. The first kappa shape index (κ1) is 22.4. The molecule has 2 N–H and O–H groups in total. The largest absolute Gasteiger partial charge is 0.507 e. The van der Waals surface area contributed by atoms with E-state index >= 15 is 0 Å². The van der Waals surface area contributed by atoms with Gasteiger partial charge in [0.2, 0.25) is 0 Å². The molecule has 0 saturated carbocycles. The van der Waals surface area contributed by atoms with Crippen LogP contribution in [0.25, 0.3) is 21.7 Å². The Morgan fingerprint density at radius 3 is 2.77 bits per heavy atom. The zero-order chi connectivity index (χ0) is 24.4. The van der Waals surface area contributed by atoms with Crippen molar-refractivity contribution in [1.82, 2.24) is 9.99 Å². The average Bonchev–Trinajstić information content (AvgIpc) is 3.29. The number of amides is 1. The van der Waals surface area contributed by atoms with Crippen molar-refractivity contribution in [2.75, 3.05) is 0 Å². The van der Waals surface area contributed by atoms with Gasteiger partial charge in [-0.3, -0.25) is 4.79 Å². The monoisotopic (exact) mass is 522 g/mol. The normalized spacial score (nSPS) is 11.2. The van der Waals surface area contributed by atoms with Crippen LogP contribution in [0.4, 0.5) is 0 Å². The van der Waals surface area contributed by atoms with Crippen molar-refractivity contribution in [1.29, 1.82) is 5.26 Å². The third-order valence-corrected chi connectivity index (χ3v) is 6.82. The fourth-order valence-electron chi connectivity index (χ4n) is 4.07. The molecule has 0 radical (unpaired) electrons. The third-order valence-electron chi connectivity index (χ3n) is 5.88. The lowest BCUT2D eigenvalue weighted by Crippen LogP contribution is -2.17. The Hall–Kier alpha value is -4.41. The third kappa shape index (κ3) is 4.39. The summed E-state index contributed by atoms with van der Waals surface area (Å²) in [5.41, 5.74) is 5.85. The van der Waals surface area contributed by atoms with Crippen LogP contribution in [-0.2, 0) is 6.54 Å². The number of halogens is 1. The van der Waals surface area contributed by atoms with Crippen LogP contribution in [0, 0.1) is 11.3 Å². The van der Waals surface area contributed by atoms with Crippen LogP contribution in [0.1, 0.15) is 27.0 Å². The number of aromatic nitrogens is 1. The summed E-state index contributed by atoms with van der Waals surface area (Å²) in [5, 5.41) is 26.1. The molecule has 7 heteroatoms. The fraction of sp³-hybridized carbons (Fsp3) is 0.0357. The summed E-state index contributed by atoms with van der Waals surface area (Å²) in [6.07, 6.45) is 3.64. The predicted octanol–water partition coefficient (Wildman–Crippen LogP) is 5.95. The molecule has 0 aliphatic heterocycles. The lowest BCUT2D eigenvalue weighted by Gasteiger charge is -2.11. The second kappa shape index (κ2) is 9.45. The molecule has 0 aliphatic carbocycles. The van der Waals surface area contributed by atoms with E-state index < -0.39 is 5.91 Å². The number of nitriles is 1. The Bertz CT molecular complexity index is 1660. The molecule has 170 valence electrons. The molecule has 5 aromatic rings. The van der Waals surface area contributed by atoms with Crippen LogP contribution in [0.15, 0.2) is 94.6 Å². The first-order valence-corrected chi connectivity index (χ1v) is 11.6. The number of phenolic OH excluding ortho intramolecular Hbond substituents is 1. The summed E-state index contributed by atoms with van der Waals surface area (Å²) >= 11 is 3.78. The lowest BCUT2D eigenvalue weighted by molar-refractivity contribution is 0.0955. The molecule has 0 saturated heterocycles. The molecule has 0 aliphatic rings. The van der Waals surface area contributed by atoms with Gasteiger partial charge in [-0.2, -0.15) is 10.4 Å².